The second-order valence-electron chi connectivity index (χ2n) is 6.37. The number of hydrogen-bond donors (Lipinski definition) is 0. The van der Waals surface area contributed by atoms with Crippen LogP contribution in [0.5, 0.6) is 0 Å². The molecule has 134 valence electrons. The van der Waals surface area contributed by atoms with Gasteiger partial charge in [-0.15, -0.1) is 11.3 Å². The molecule has 0 unspecified atom stereocenters. The lowest BCUT2D eigenvalue weighted by Crippen LogP contribution is -2.24. The van der Waals surface area contributed by atoms with Gasteiger partial charge in [0.2, 0.25) is 0 Å². The van der Waals surface area contributed by atoms with Crippen molar-refractivity contribution in [2.75, 3.05) is 0 Å². The van der Waals surface area contributed by atoms with Gasteiger partial charge < -0.3 is 4.57 Å². The molecule has 4 aromatic heterocycles. The van der Waals surface area contributed by atoms with Crippen molar-refractivity contribution in [1.29, 1.82) is 0 Å². The summed E-state index contributed by atoms with van der Waals surface area (Å²) in [5, 5.41) is 10.8. The van der Waals surface area contributed by atoms with Crippen molar-refractivity contribution in [3.63, 3.8) is 0 Å². The second-order valence-corrected chi connectivity index (χ2v) is 7.40. The number of aryl methyl sites for hydroxylation is 2. The van der Waals surface area contributed by atoms with E-state index >= 15 is 0 Å². The van der Waals surface area contributed by atoms with Gasteiger partial charge in [-0.1, -0.05) is 12.1 Å². The Kier molecular flexibility index (Phi) is 3.28. The zero-order chi connectivity index (χ0) is 18.7. The zero-order valence-electron chi connectivity index (χ0n) is 14.6. The van der Waals surface area contributed by atoms with E-state index in [9.17, 15) is 9.59 Å². The highest BCUT2D eigenvalue weighted by atomic mass is 32.1. The van der Waals surface area contributed by atoms with Crippen molar-refractivity contribution in [1.82, 2.24) is 29.1 Å². The molecule has 4 heterocycles. The molecule has 0 aliphatic carbocycles. The van der Waals surface area contributed by atoms with Crippen LogP contribution in [0.25, 0.3) is 32.2 Å². The molecule has 5 aromatic rings. The van der Waals surface area contributed by atoms with E-state index in [1.165, 1.54) is 16.0 Å². The molecule has 0 aliphatic heterocycles. The van der Waals surface area contributed by atoms with E-state index < -0.39 is 0 Å². The molecule has 5 rings (SSSR count). The lowest BCUT2D eigenvalue weighted by Gasteiger charge is -2.07. The molecule has 0 amide bonds. The Hall–Kier alpha value is -3.33. The lowest BCUT2D eigenvalue weighted by atomic mass is 10.1. The number of hydrogen-bond acceptors (Lipinski definition) is 6. The van der Waals surface area contributed by atoms with Crippen LogP contribution < -0.4 is 5.56 Å². The van der Waals surface area contributed by atoms with Gasteiger partial charge in [-0.25, -0.2) is 9.67 Å². The summed E-state index contributed by atoms with van der Waals surface area (Å²) in [5.41, 5.74) is 2.96. The number of fused-ring (bicyclic) bond motifs is 4. The summed E-state index contributed by atoms with van der Waals surface area (Å²) >= 11 is 1.27. The average Bonchev–Trinajstić information content (AvgIpc) is 3.33. The molecule has 0 saturated heterocycles. The van der Waals surface area contributed by atoms with Gasteiger partial charge in [0, 0.05) is 24.9 Å². The molecule has 0 N–H and O–H groups in total. The van der Waals surface area contributed by atoms with Crippen LogP contribution in [0, 0.1) is 0 Å². The van der Waals surface area contributed by atoms with E-state index in [1.54, 1.807) is 28.7 Å². The predicted octanol–water partition coefficient (Wildman–Crippen LogP) is 2.09. The molecule has 0 spiro atoms. The third kappa shape index (κ3) is 2.18. The maximum Gasteiger partial charge on any atom is 0.291 e. The molecule has 8 nitrogen and oxygen atoms in total. The summed E-state index contributed by atoms with van der Waals surface area (Å²) in [7, 11) is 3.67. The normalized spacial score (nSPS) is 11.8. The Balaban J connectivity index is 1.70. The van der Waals surface area contributed by atoms with Crippen LogP contribution in [0.4, 0.5) is 0 Å². The highest BCUT2D eigenvalue weighted by molar-refractivity contribution is 7.21. The third-order valence-corrected chi connectivity index (χ3v) is 5.85. The third-order valence-electron chi connectivity index (χ3n) is 4.84. The van der Waals surface area contributed by atoms with Crippen LogP contribution in [0.15, 0.2) is 35.4 Å². The number of carbonyl (C=O) groups is 1. The highest BCUT2D eigenvalue weighted by Gasteiger charge is 2.18. The minimum Gasteiger partial charge on any atom is -0.323 e. The Bertz CT molecular complexity index is 1420. The van der Waals surface area contributed by atoms with Crippen molar-refractivity contribution >= 4 is 49.8 Å². The minimum absolute atomic E-state index is 0.186. The van der Waals surface area contributed by atoms with Crippen LogP contribution in [-0.2, 0) is 20.6 Å². The van der Waals surface area contributed by atoms with Crippen LogP contribution in [0.2, 0.25) is 0 Å². The van der Waals surface area contributed by atoms with Crippen molar-refractivity contribution in [3.8, 4) is 0 Å². The zero-order valence-corrected chi connectivity index (χ0v) is 15.4. The van der Waals surface area contributed by atoms with Crippen LogP contribution >= 0.6 is 11.3 Å². The van der Waals surface area contributed by atoms with Crippen molar-refractivity contribution < 1.29 is 4.79 Å². The maximum absolute atomic E-state index is 13.1. The largest absolute Gasteiger partial charge is 0.323 e. The van der Waals surface area contributed by atoms with Gasteiger partial charge >= 0.3 is 0 Å². The van der Waals surface area contributed by atoms with Gasteiger partial charge in [0.15, 0.2) is 16.9 Å². The summed E-state index contributed by atoms with van der Waals surface area (Å²) in [6, 6.07) is 5.92. The summed E-state index contributed by atoms with van der Waals surface area (Å²) < 4.78 is 5.80. The minimum atomic E-state index is -0.186. The van der Waals surface area contributed by atoms with Gasteiger partial charge in [0.1, 0.15) is 5.52 Å². The lowest BCUT2D eigenvalue weighted by molar-refractivity contribution is 0.112. The quantitative estimate of drug-likeness (QED) is 0.449. The maximum atomic E-state index is 13.1. The van der Waals surface area contributed by atoms with E-state index in [0.717, 1.165) is 32.8 Å². The summed E-state index contributed by atoms with van der Waals surface area (Å²) in [6.07, 6.45) is 4.20. The fourth-order valence-corrected chi connectivity index (χ4v) is 4.43. The molecule has 0 fully saturated rings. The number of carbonyl (C=O) groups excluding carboxylic acids is 1. The average molecular weight is 378 g/mol. The summed E-state index contributed by atoms with van der Waals surface area (Å²) in [6.45, 7) is 0.351. The fraction of sp³-hybridized carbons (Fsp3) is 0.167. The topological polar surface area (TPSA) is 87.6 Å². The van der Waals surface area contributed by atoms with E-state index in [1.807, 2.05) is 25.2 Å². The molecular formula is C18H14N6O2S. The first-order valence-corrected chi connectivity index (χ1v) is 9.10. The van der Waals surface area contributed by atoms with Gasteiger partial charge in [-0.3, -0.25) is 14.3 Å². The van der Waals surface area contributed by atoms with E-state index in [0.29, 0.717) is 22.7 Å². The Labute approximate surface area is 156 Å². The number of benzene rings is 1. The smallest absolute Gasteiger partial charge is 0.291 e. The molecule has 0 radical (unpaired) electrons. The molecular weight excluding hydrogens is 364 g/mol. The molecule has 1 aromatic carbocycles. The van der Waals surface area contributed by atoms with E-state index in [2.05, 4.69) is 15.2 Å². The van der Waals surface area contributed by atoms with Gasteiger partial charge in [0.05, 0.1) is 29.2 Å². The first-order valence-electron chi connectivity index (χ1n) is 8.28. The molecule has 27 heavy (non-hydrogen) atoms. The van der Waals surface area contributed by atoms with Crippen molar-refractivity contribution in [2.45, 2.75) is 6.54 Å². The van der Waals surface area contributed by atoms with Gasteiger partial charge in [-0.05, 0) is 11.6 Å². The molecule has 9 heteroatoms. The van der Waals surface area contributed by atoms with Crippen LogP contribution in [0.1, 0.15) is 15.4 Å². The van der Waals surface area contributed by atoms with Crippen molar-refractivity contribution in [3.05, 3.63) is 51.5 Å². The molecule has 0 aliphatic rings. The fourth-order valence-electron chi connectivity index (χ4n) is 3.51. The monoisotopic (exact) mass is 378 g/mol. The van der Waals surface area contributed by atoms with Crippen molar-refractivity contribution in [2.24, 2.45) is 14.1 Å². The van der Waals surface area contributed by atoms with Gasteiger partial charge in [-0.2, -0.15) is 10.2 Å². The Morgan fingerprint density at radius 3 is 2.78 bits per heavy atom. The summed E-state index contributed by atoms with van der Waals surface area (Å²) in [5.74, 6) is 0. The molecule has 0 atom stereocenters. The van der Waals surface area contributed by atoms with Crippen LogP contribution in [0.3, 0.4) is 0 Å². The number of rotatable bonds is 3. The Morgan fingerprint density at radius 2 is 1.96 bits per heavy atom. The standard InChI is InChI=1S/C18H14N6O2S/c1-22-15-12(16-17(22)21-14(9-25)27-16)7-20-24(18(15)26)8-10-4-3-5-13-11(10)6-19-23(13)2/h3-7,9H,8H2,1-2H3. The first kappa shape index (κ1) is 15.9. The number of aromatic nitrogens is 6. The Morgan fingerprint density at radius 1 is 1.15 bits per heavy atom. The molecule has 0 saturated carbocycles. The first-order chi connectivity index (χ1) is 13.1. The highest BCUT2D eigenvalue weighted by Crippen LogP contribution is 2.30. The SMILES string of the molecule is Cn1ncc2c(Cn3ncc4c5sc(C=O)nc5n(C)c4c3=O)cccc21. The number of aldehydes is 1. The van der Waals surface area contributed by atoms with Gasteiger partial charge in [0.25, 0.3) is 5.56 Å². The number of thiazole rings is 1. The molecule has 0 bridgehead atoms. The van der Waals surface area contributed by atoms with Crippen LogP contribution in [-0.4, -0.2) is 35.4 Å². The van der Waals surface area contributed by atoms with E-state index in [4.69, 9.17) is 0 Å². The second kappa shape index (κ2) is 5.58. The predicted molar refractivity (Wildman–Crippen MR) is 103 cm³/mol. The summed E-state index contributed by atoms with van der Waals surface area (Å²) in [4.78, 5) is 28.4. The van der Waals surface area contributed by atoms with E-state index in [-0.39, 0.29) is 5.56 Å². The number of nitrogens with zero attached hydrogens (tertiary/aromatic N) is 6.